The summed E-state index contributed by atoms with van der Waals surface area (Å²) < 4.78 is 0.741. The van der Waals surface area contributed by atoms with Gasteiger partial charge in [0.15, 0.2) is 0 Å². The fraction of sp³-hybridized carbons (Fsp3) is 0.417. The third kappa shape index (κ3) is 3.71. The molecule has 1 atom stereocenters. The minimum absolute atomic E-state index is 0.0232. The van der Waals surface area contributed by atoms with E-state index in [1.165, 1.54) is 6.07 Å². The van der Waals surface area contributed by atoms with Gasteiger partial charge in [-0.25, -0.2) is 0 Å². The van der Waals surface area contributed by atoms with Gasteiger partial charge in [0.2, 0.25) is 0 Å². The summed E-state index contributed by atoms with van der Waals surface area (Å²) in [5.41, 5.74) is -0.0230. The fourth-order valence-corrected chi connectivity index (χ4v) is 2.14. The van der Waals surface area contributed by atoms with Gasteiger partial charge in [-0.3, -0.25) is 4.79 Å². The summed E-state index contributed by atoms with van der Waals surface area (Å²) in [7, 11) is 0. The van der Waals surface area contributed by atoms with Crippen LogP contribution < -0.4 is 5.32 Å². The maximum absolute atomic E-state index is 12.0. The number of hydrogen-bond acceptors (Lipinski definition) is 2. The second kappa shape index (κ2) is 5.87. The number of carbonyl (C=O) groups excluding carboxylic acids is 1. The second-order valence-electron chi connectivity index (χ2n) is 4.16. The molecule has 0 saturated heterocycles. The molecule has 5 heteroatoms. The number of halogens is 2. The molecule has 0 bridgehead atoms. The van der Waals surface area contributed by atoms with Crippen molar-refractivity contribution in [1.82, 2.24) is 5.32 Å². The molecule has 2 N–H and O–H groups in total. The third-order valence-corrected chi connectivity index (χ3v) is 4.43. The summed E-state index contributed by atoms with van der Waals surface area (Å²) in [4.78, 5) is 12.0. The highest BCUT2D eigenvalue weighted by molar-refractivity contribution is 9.10. The van der Waals surface area contributed by atoms with E-state index < -0.39 is 0 Å². The minimum atomic E-state index is -0.309. The first kappa shape index (κ1) is 14.5. The Balaban J connectivity index is 2.90. The molecule has 0 radical (unpaired) electrons. The molecule has 1 aromatic rings. The Kier molecular flexibility index (Phi) is 5.01. The Labute approximate surface area is 118 Å². The average Bonchev–Trinajstić information content (AvgIpc) is 2.28. The van der Waals surface area contributed by atoms with Gasteiger partial charge in [0.05, 0.1) is 5.56 Å². The molecule has 0 fully saturated rings. The monoisotopic (exact) mass is 363 g/mol. The van der Waals surface area contributed by atoms with Gasteiger partial charge in [0.1, 0.15) is 5.75 Å². The molecule has 3 nitrogen and oxygen atoms in total. The second-order valence-corrected chi connectivity index (χ2v) is 5.64. The van der Waals surface area contributed by atoms with E-state index in [4.69, 9.17) is 0 Å². The molecule has 0 aromatic heterocycles. The quantitative estimate of drug-likeness (QED) is 0.804. The van der Waals surface area contributed by atoms with Crippen LogP contribution in [0.4, 0.5) is 0 Å². The predicted octanol–water partition coefficient (Wildman–Crippen LogP) is 3.45. The topological polar surface area (TPSA) is 49.3 Å². The van der Waals surface area contributed by atoms with Gasteiger partial charge in [-0.1, -0.05) is 38.8 Å². The SMILES string of the molecule is CCC(C)(CBr)NC(=O)c1ccc(Br)cc1O. The van der Waals surface area contributed by atoms with Crippen molar-refractivity contribution in [1.29, 1.82) is 0 Å². The molecule has 0 heterocycles. The predicted molar refractivity (Wildman–Crippen MR) is 75.8 cm³/mol. The standard InChI is InChI=1S/C12H15Br2NO2/c1-3-12(2,7-13)15-11(17)9-5-4-8(14)6-10(9)16/h4-6,16H,3,7H2,1-2H3,(H,15,17). The maximum atomic E-state index is 12.0. The first-order valence-corrected chi connectivity index (χ1v) is 7.20. The molecule has 0 aliphatic rings. The molecule has 0 aliphatic carbocycles. The Morgan fingerprint density at radius 2 is 2.18 bits per heavy atom. The lowest BCUT2D eigenvalue weighted by atomic mass is 10.0. The number of rotatable bonds is 4. The normalized spacial score (nSPS) is 14.1. The van der Waals surface area contributed by atoms with Gasteiger partial charge in [-0.15, -0.1) is 0 Å². The van der Waals surface area contributed by atoms with E-state index in [1.807, 2.05) is 13.8 Å². The first-order chi connectivity index (χ1) is 7.91. The molecule has 0 spiro atoms. The Morgan fingerprint density at radius 3 is 2.65 bits per heavy atom. The number of phenolic OH excluding ortho intramolecular Hbond substituents is 1. The molecule has 0 saturated carbocycles. The molecule has 1 unspecified atom stereocenters. The maximum Gasteiger partial charge on any atom is 0.255 e. The smallest absolute Gasteiger partial charge is 0.255 e. The Morgan fingerprint density at radius 1 is 1.53 bits per heavy atom. The van der Waals surface area contributed by atoms with Crippen LogP contribution in [0.3, 0.4) is 0 Å². The average molecular weight is 365 g/mol. The molecule has 17 heavy (non-hydrogen) atoms. The van der Waals surface area contributed by atoms with Crippen LogP contribution in [0.25, 0.3) is 0 Å². The zero-order chi connectivity index (χ0) is 13.1. The number of benzene rings is 1. The lowest BCUT2D eigenvalue weighted by Crippen LogP contribution is -2.46. The van der Waals surface area contributed by atoms with Crippen molar-refractivity contribution in [2.45, 2.75) is 25.8 Å². The van der Waals surface area contributed by atoms with E-state index in [0.29, 0.717) is 5.33 Å². The summed E-state index contributed by atoms with van der Waals surface area (Å²) in [6.45, 7) is 3.96. The van der Waals surface area contributed by atoms with Crippen molar-refractivity contribution in [3.05, 3.63) is 28.2 Å². The number of phenols is 1. The van der Waals surface area contributed by atoms with E-state index in [1.54, 1.807) is 12.1 Å². The lowest BCUT2D eigenvalue weighted by Gasteiger charge is -2.27. The van der Waals surface area contributed by atoms with Crippen LogP contribution in [-0.2, 0) is 0 Å². The van der Waals surface area contributed by atoms with Crippen molar-refractivity contribution in [3.8, 4) is 5.75 Å². The van der Waals surface area contributed by atoms with Crippen LogP contribution in [0.2, 0.25) is 0 Å². The summed E-state index contributed by atoms with van der Waals surface area (Å²) in [6.07, 6.45) is 0.807. The summed E-state index contributed by atoms with van der Waals surface area (Å²) in [5.74, 6) is -0.288. The third-order valence-electron chi connectivity index (χ3n) is 2.69. The van der Waals surface area contributed by atoms with Gasteiger partial charge >= 0.3 is 0 Å². The number of alkyl halides is 1. The van der Waals surface area contributed by atoms with Crippen molar-refractivity contribution in [2.24, 2.45) is 0 Å². The minimum Gasteiger partial charge on any atom is -0.507 e. The van der Waals surface area contributed by atoms with Crippen molar-refractivity contribution in [2.75, 3.05) is 5.33 Å². The molecule has 1 amide bonds. The van der Waals surface area contributed by atoms with Crippen molar-refractivity contribution >= 4 is 37.8 Å². The zero-order valence-electron chi connectivity index (χ0n) is 9.76. The lowest BCUT2D eigenvalue weighted by molar-refractivity contribution is 0.0910. The molecule has 0 aliphatic heterocycles. The van der Waals surface area contributed by atoms with E-state index in [9.17, 15) is 9.90 Å². The summed E-state index contributed by atoms with van der Waals surface area (Å²) in [5, 5.41) is 13.3. The van der Waals surface area contributed by atoms with Crippen LogP contribution in [0.5, 0.6) is 5.75 Å². The molecule has 1 aromatic carbocycles. The molecule has 1 rings (SSSR count). The van der Waals surface area contributed by atoms with Crippen molar-refractivity contribution in [3.63, 3.8) is 0 Å². The number of hydrogen-bond donors (Lipinski definition) is 2. The molecule has 94 valence electrons. The number of amides is 1. The summed E-state index contributed by atoms with van der Waals surface area (Å²) >= 11 is 6.61. The summed E-state index contributed by atoms with van der Waals surface area (Å²) in [6, 6.07) is 4.83. The fourth-order valence-electron chi connectivity index (χ4n) is 1.25. The molecular weight excluding hydrogens is 350 g/mol. The Hall–Kier alpha value is -0.550. The number of carbonyl (C=O) groups is 1. The van der Waals surface area contributed by atoms with Crippen LogP contribution >= 0.6 is 31.9 Å². The Bertz CT molecular complexity index is 417. The van der Waals surface area contributed by atoms with Gasteiger partial charge in [0, 0.05) is 15.3 Å². The highest BCUT2D eigenvalue weighted by atomic mass is 79.9. The van der Waals surface area contributed by atoms with E-state index in [2.05, 4.69) is 37.2 Å². The van der Waals surface area contributed by atoms with E-state index in [-0.39, 0.29) is 22.8 Å². The zero-order valence-corrected chi connectivity index (χ0v) is 12.9. The van der Waals surface area contributed by atoms with Gasteiger partial charge in [-0.05, 0) is 31.5 Å². The van der Waals surface area contributed by atoms with E-state index in [0.717, 1.165) is 10.9 Å². The van der Waals surface area contributed by atoms with Crippen LogP contribution in [-0.4, -0.2) is 21.9 Å². The molecular formula is C12H15Br2NO2. The highest BCUT2D eigenvalue weighted by Crippen LogP contribution is 2.23. The first-order valence-electron chi connectivity index (χ1n) is 5.29. The number of aromatic hydroxyl groups is 1. The van der Waals surface area contributed by atoms with Gasteiger partial charge in [-0.2, -0.15) is 0 Å². The van der Waals surface area contributed by atoms with Gasteiger partial charge < -0.3 is 10.4 Å². The highest BCUT2D eigenvalue weighted by Gasteiger charge is 2.24. The number of nitrogens with one attached hydrogen (secondary N) is 1. The van der Waals surface area contributed by atoms with Crippen LogP contribution in [0.1, 0.15) is 30.6 Å². The van der Waals surface area contributed by atoms with Gasteiger partial charge in [0.25, 0.3) is 5.91 Å². The van der Waals surface area contributed by atoms with Crippen LogP contribution in [0.15, 0.2) is 22.7 Å². The van der Waals surface area contributed by atoms with Crippen molar-refractivity contribution < 1.29 is 9.90 Å². The van der Waals surface area contributed by atoms with E-state index >= 15 is 0 Å². The largest absolute Gasteiger partial charge is 0.507 e. The van der Waals surface area contributed by atoms with Crippen LogP contribution in [0, 0.1) is 0 Å².